The first-order valence-corrected chi connectivity index (χ1v) is 20.1. The van der Waals surface area contributed by atoms with Crippen molar-refractivity contribution in [3.8, 4) is 23.6 Å². The van der Waals surface area contributed by atoms with Gasteiger partial charge in [-0.15, -0.1) is 0 Å². The van der Waals surface area contributed by atoms with Crippen LogP contribution in [0.3, 0.4) is 0 Å². The largest absolute Gasteiger partial charge is 0.497 e. The Kier molecular flexibility index (Phi) is 16.1. The van der Waals surface area contributed by atoms with Crippen LogP contribution < -0.4 is 20.9 Å². The third-order valence-corrected chi connectivity index (χ3v) is 11.4. The van der Waals surface area contributed by atoms with Crippen molar-refractivity contribution in [1.29, 1.82) is 10.5 Å². The maximum absolute atomic E-state index is 13.4. The number of aromatic nitrogens is 2. The molecule has 1 aliphatic rings. The van der Waals surface area contributed by atoms with Crippen LogP contribution in [0.25, 0.3) is 0 Å². The highest BCUT2D eigenvalue weighted by molar-refractivity contribution is 7.44. The fraction of sp³-hybridized carbons (Fsp3) is 0.429. The first kappa shape index (κ1) is 44.2. The van der Waals surface area contributed by atoms with E-state index >= 15 is 0 Å². The second-order valence-electron chi connectivity index (χ2n) is 13.8. The second kappa shape index (κ2) is 21.2. The van der Waals surface area contributed by atoms with Crippen LogP contribution in [0.15, 0.2) is 95.9 Å². The molecular formula is C42H51N6O9P. The predicted molar refractivity (Wildman–Crippen MR) is 216 cm³/mol. The van der Waals surface area contributed by atoms with E-state index in [9.17, 15) is 15.3 Å². The lowest BCUT2D eigenvalue weighted by Gasteiger charge is -2.37. The van der Waals surface area contributed by atoms with Gasteiger partial charge in [0.15, 0.2) is 12.3 Å². The lowest BCUT2D eigenvalue weighted by atomic mass is 9.80. The smallest absolute Gasteiger partial charge is 0.351 e. The van der Waals surface area contributed by atoms with Crippen molar-refractivity contribution < 1.29 is 37.8 Å². The minimum absolute atomic E-state index is 0.00515. The van der Waals surface area contributed by atoms with Gasteiger partial charge in [-0.3, -0.25) is 4.57 Å². The van der Waals surface area contributed by atoms with Crippen molar-refractivity contribution in [2.45, 2.75) is 82.8 Å². The number of nitrogens with two attached hydrogens (primary N) is 1. The number of nitrogen functional groups attached to an aromatic ring is 1. The SMILES string of the molecule is COc1ccc(C(OC[C@H]2O[C@@H](n3ccc(N)nc3=O)[C@H](OCCC#N)[C@@H]2OOP(OCCC#N)N(C(C)C)C(C)C)(c2ccccc2)c2ccc(OC)cc2)cc1. The van der Waals surface area contributed by atoms with Gasteiger partial charge in [-0.05, 0) is 74.7 Å². The summed E-state index contributed by atoms with van der Waals surface area (Å²) in [5.41, 5.74) is 6.34. The summed E-state index contributed by atoms with van der Waals surface area (Å²) in [6.45, 7) is 8.00. The Balaban J connectivity index is 1.63. The molecule has 0 saturated carbocycles. The van der Waals surface area contributed by atoms with E-state index in [2.05, 4.69) is 17.1 Å². The van der Waals surface area contributed by atoms with E-state index in [1.807, 2.05) is 111 Å². The molecule has 5 rings (SSSR count). The summed E-state index contributed by atoms with van der Waals surface area (Å²) in [7, 11) is 1.33. The Morgan fingerprint density at radius 3 is 1.95 bits per heavy atom. The van der Waals surface area contributed by atoms with Gasteiger partial charge in [0.1, 0.15) is 35.1 Å². The highest BCUT2D eigenvalue weighted by Crippen LogP contribution is 2.48. The third kappa shape index (κ3) is 10.4. The summed E-state index contributed by atoms with van der Waals surface area (Å²) in [5.74, 6) is 1.36. The minimum atomic E-state index is -1.88. The number of nitrogens with zero attached hydrogens (tertiary/aromatic N) is 5. The van der Waals surface area contributed by atoms with Crippen LogP contribution in [0.4, 0.5) is 5.82 Å². The zero-order valence-electron chi connectivity index (χ0n) is 33.6. The molecule has 1 fully saturated rings. The molecule has 3 aromatic carbocycles. The Morgan fingerprint density at radius 2 is 1.41 bits per heavy atom. The van der Waals surface area contributed by atoms with Gasteiger partial charge in [0.05, 0.1) is 59.0 Å². The van der Waals surface area contributed by atoms with E-state index in [4.69, 9.17) is 43.5 Å². The van der Waals surface area contributed by atoms with Crippen molar-refractivity contribution in [2.24, 2.45) is 0 Å². The molecule has 5 atom stereocenters. The summed E-state index contributed by atoms with van der Waals surface area (Å²) in [5, 5.41) is 18.7. The molecule has 4 aromatic rings. The van der Waals surface area contributed by atoms with Gasteiger partial charge in [0.2, 0.25) is 0 Å². The first-order chi connectivity index (χ1) is 28.1. The van der Waals surface area contributed by atoms with E-state index in [1.54, 1.807) is 14.2 Å². The fourth-order valence-corrected chi connectivity index (χ4v) is 8.29. The van der Waals surface area contributed by atoms with Crippen LogP contribution in [0, 0.1) is 22.7 Å². The molecule has 2 heterocycles. The number of rotatable bonds is 21. The fourth-order valence-electron chi connectivity index (χ4n) is 6.86. The lowest BCUT2D eigenvalue weighted by Crippen LogP contribution is -2.42. The molecule has 1 saturated heterocycles. The van der Waals surface area contributed by atoms with Crippen molar-refractivity contribution >= 4 is 14.3 Å². The van der Waals surface area contributed by atoms with Gasteiger partial charge in [0, 0.05) is 18.3 Å². The maximum atomic E-state index is 13.4. The summed E-state index contributed by atoms with van der Waals surface area (Å²) < 4.78 is 46.9. The molecule has 16 heteroatoms. The number of anilines is 1. The van der Waals surface area contributed by atoms with Crippen LogP contribution in [0.2, 0.25) is 0 Å². The molecule has 15 nitrogen and oxygen atoms in total. The van der Waals surface area contributed by atoms with Crippen molar-refractivity contribution in [2.75, 3.05) is 39.8 Å². The highest BCUT2D eigenvalue weighted by atomic mass is 31.2. The summed E-state index contributed by atoms with van der Waals surface area (Å²) in [4.78, 5) is 23.7. The number of hydrogen-bond acceptors (Lipinski definition) is 14. The van der Waals surface area contributed by atoms with Crippen LogP contribution >= 0.6 is 8.53 Å². The topological polar surface area (TPSA) is 186 Å². The summed E-state index contributed by atoms with van der Waals surface area (Å²) >= 11 is 0. The second-order valence-corrected chi connectivity index (χ2v) is 15.2. The quantitative estimate of drug-likeness (QED) is 0.0310. The average molecular weight is 815 g/mol. The first-order valence-electron chi connectivity index (χ1n) is 19.0. The van der Waals surface area contributed by atoms with Gasteiger partial charge >= 0.3 is 5.69 Å². The molecule has 1 aliphatic heterocycles. The van der Waals surface area contributed by atoms with Crippen LogP contribution in [-0.2, 0) is 33.9 Å². The van der Waals surface area contributed by atoms with E-state index < -0.39 is 44.4 Å². The zero-order valence-corrected chi connectivity index (χ0v) is 34.5. The summed E-state index contributed by atoms with van der Waals surface area (Å²) in [6.07, 6.45) is -2.47. The number of hydrogen-bond donors (Lipinski definition) is 1. The molecule has 0 radical (unpaired) electrons. The molecule has 0 bridgehead atoms. The molecule has 0 amide bonds. The van der Waals surface area contributed by atoms with Gasteiger partial charge in [0.25, 0.3) is 8.53 Å². The highest BCUT2D eigenvalue weighted by Gasteiger charge is 2.51. The standard InChI is InChI=1S/C42H51N6O9P/c1-29(2)48(30(3)4)58(54-27-11-24-44)57-56-38-36(55-40(39(38)52-26-10-23-43)47-25-22-37(45)46-41(47)49)28-53-42(31-12-8-7-9-13-31,32-14-18-34(50-5)19-15-32)33-16-20-35(51-6)21-17-33/h7-9,12-22,25,29-30,36,38-40H,10-11,26-28H2,1-6H3,(H2,45,46,49)/t36-,38-,39-,40-,58?/m1/s1. The van der Waals surface area contributed by atoms with Gasteiger partial charge in [-0.25, -0.2) is 14.4 Å². The Bertz CT molecular complexity index is 1970. The monoisotopic (exact) mass is 814 g/mol. The van der Waals surface area contributed by atoms with Crippen LogP contribution in [0.5, 0.6) is 11.5 Å². The van der Waals surface area contributed by atoms with E-state index in [1.165, 1.54) is 16.8 Å². The van der Waals surface area contributed by atoms with E-state index in [0.717, 1.165) is 16.7 Å². The van der Waals surface area contributed by atoms with Gasteiger partial charge in [-0.2, -0.15) is 20.2 Å². The molecule has 308 valence electrons. The molecule has 2 N–H and O–H groups in total. The van der Waals surface area contributed by atoms with E-state index in [-0.39, 0.29) is 50.6 Å². The third-order valence-electron chi connectivity index (χ3n) is 9.45. The van der Waals surface area contributed by atoms with Gasteiger partial charge < -0.3 is 33.9 Å². The minimum Gasteiger partial charge on any atom is -0.497 e. The molecular weight excluding hydrogens is 763 g/mol. The van der Waals surface area contributed by atoms with Crippen molar-refractivity contribution in [1.82, 2.24) is 14.2 Å². The van der Waals surface area contributed by atoms with Crippen molar-refractivity contribution in [3.63, 3.8) is 0 Å². The molecule has 0 aliphatic carbocycles. The maximum Gasteiger partial charge on any atom is 0.351 e. The Hall–Kier alpha value is -4.93. The summed E-state index contributed by atoms with van der Waals surface area (Å²) in [6, 6.07) is 30.6. The van der Waals surface area contributed by atoms with Crippen LogP contribution in [0.1, 0.15) is 63.5 Å². The molecule has 0 spiro atoms. The number of benzene rings is 3. The lowest BCUT2D eigenvalue weighted by molar-refractivity contribution is -0.280. The number of ether oxygens (including phenoxy) is 5. The molecule has 58 heavy (non-hydrogen) atoms. The Morgan fingerprint density at radius 1 is 0.845 bits per heavy atom. The molecule has 1 unspecified atom stereocenters. The van der Waals surface area contributed by atoms with Gasteiger partial charge in [-0.1, -0.05) is 54.6 Å². The normalized spacial score (nSPS) is 18.6. The zero-order chi connectivity index (χ0) is 41.7. The average Bonchev–Trinajstić information content (AvgIpc) is 3.56. The van der Waals surface area contributed by atoms with E-state index in [0.29, 0.717) is 11.5 Å². The predicted octanol–water partition coefficient (Wildman–Crippen LogP) is 6.64. The van der Waals surface area contributed by atoms with Crippen molar-refractivity contribution in [3.05, 3.63) is 118 Å². The number of methoxy groups -OCH3 is 2. The number of nitriles is 2. The van der Waals surface area contributed by atoms with Crippen LogP contribution in [-0.4, -0.2) is 78.7 Å². The Labute approximate surface area is 340 Å². The molecule has 1 aromatic heterocycles.